The molecule has 0 nitrogen and oxygen atoms in total. The van der Waals surface area contributed by atoms with Crippen molar-refractivity contribution >= 4 is 0 Å². The van der Waals surface area contributed by atoms with Crippen LogP contribution in [0, 0.1) is 23.3 Å². The van der Waals surface area contributed by atoms with Gasteiger partial charge in [0.15, 0.2) is 0 Å². The van der Waals surface area contributed by atoms with Gasteiger partial charge in [0.05, 0.1) is 0 Å². The first kappa shape index (κ1) is 11.6. The smallest absolute Gasteiger partial charge is 0.126 e. The summed E-state index contributed by atoms with van der Waals surface area (Å²) < 4.78 is 52.4. The topological polar surface area (TPSA) is 0 Å². The summed E-state index contributed by atoms with van der Waals surface area (Å²) in [4.78, 5) is 0. The second-order valence-electron chi connectivity index (χ2n) is 3.65. The maximum atomic E-state index is 13.3. The van der Waals surface area contributed by atoms with Crippen molar-refractivity contribution in [1.29, 1.82) is 0 Å². The largest absolute Gasteiger partial charge is 0.207 e. The molecule has 0 aliphatic rings. The van der Waals surface area contributed by atoms with Crippen molar-refractivity contribution in [3.63, 3.8) is 0 Å². The van der Waals surface area contributed by atoms with Gasteiger partial charge in [-0.15, -0.1) is 0 Å². The van der Waals surface area contributed by atoms with E-state index in [1.165, 1.54) is 0 Å². The van der Waals surface area contributed by atoms with E-state index >= 15 is 0 Å². The van der Waals surface area contributed by atoms with Crippen LogP contribution in [0.4, 0.5) is 17.6 Å². The molecule has 0 spiro atoms. The Morgan fingerprint density at radius 2 is 1.06 bits per heavy atom. The number of hydrogen-bond acceptors (Lipinski definition) is 0. The van der Waals surface area contributed by atoms with E-state index in [9.17, 15) is 17.6 Å². The van der Waals surface area contributed by atoms with Crippen LogP contribution >= 0.6 is 0 Å². The molecule has 0 fully saturated rings. The van der Waals surface area contributed by atoms with Crippen LogP contribution in [0.2, 0.25) is 0 Å². The molecule has 2 aromatic carbocycles. The summed E-state index contributed by atoms with van der Waals surface area (Å²) in [5.74, 6) is -2.51. The fourth-order valence-corrected chi connectivity index (χ4v) is 1.56. The summed E-state index contributed by atoms with van der Waals surface area (Å²) in [7, 11) is 0. The van der Waals surface area contributed by atoms with E-state index in [-0.39, 0.29) is 17.5 Å². The molecule has 0 aromatic heterocycles. The fraction of sp³-hybridized carbons (Fsp3) is 0.0769. The lowest BCUT2D eigenvalue weighted by molar-refractivity contribution is 0.575. The van der Waals surface area contributed by atoms with E-state index in [1.54, 1.807) is 0 Å². The first-order valence-corrected chi connectivity index (χ1v) is 4.94. The summed E-state index contributed by atoms with van der Waals surface area (Å²) in [6.07, 6.45) is -0.187. The van der Waals surface area contributed by atoms with Gasteiger partial charge >= 0.3 is 0 Å². The molecule has 0 saturated heterocycles. The lowest BCUT2D eigenvalue weighted by Crippen LogP contribution is -1.97. The summed E-state index contributed by atoms with van der Waals surface area (Å²) in [5.41, 5.74) is -0.0102. The second-order valence-corrected chi connectivity index (χ2v) is 3.65. The monoisotopic (exact) mass is 240 g/mol. The molecule has 2 aromatic rings. The van der Waals surface area contributed by atoms with Gasteiger partial charge < -0.3 is 0 Å². The molecule has 2 rings (SSSR count). The highest BCUT2D eigenvalue weighted by atomic mass is 19.1. The summed E-state index contributed by atoms with van der Waals surface area (Å²) in [6, 6.07) is 5.81. The highest BCUT2D eigenvalue weighted by Crippen LogP contribution is 2.18. The average Bonchev–Trinajstić information content (AvgIpc) is 2.28. The van der Waals surface area contributed by atoms with E-state index < -0.39 is 23.3 Å². The number of halogens is 4. The van der Waals surface area contributed by atoms with E-state index in [1.807, 2.05) is 0 Å². The number of rotatable bonds is 2. The van der Waals surface area contributed by atoms with Crippen LogP contribution in [-0.2, 0) is 6.42 Å². The minimum atomic E-state index is -0.643. The maximum absolute atomic E-state index is 13.3. The molecule has 88 valence electrons. The van der Waals surface area contributed by atoms with Crippen molar-refractivity contribution in [2.75, 3.05) is 0 Å². The summed E-state index contributed by atoms with van der Waals surface area (Å²) in [6.45, 7) is 0. The van der Waals surface area contributed by atoms with Gasteiger partial charge in [-0.1, -0.05) is 0 Å². The van der Waals surface area contributed by atoms with Gasteiger partial charge in [0.1, 0.15) is 23.3 Å². The third kappa shape index (κ3) is 2.64. The van der Waals surface area contributed by atoms with Crippen molar-refractivity contribution in [2.24, 2.45) is 0 Å². The zero-order valence-electron chi connectivity index (χ0n) is 8.68. The van der Waals surface area contributed by atoms with Crippen LogP contribution in [0.3, 0.4) is 0 Å². The Labute approximate surface area is 95.5 Å². The van der Waals surface area contributed by atoms with Crippen molar-refractivity contribution in [3.8, 4) is 0 Å². The highest BCUT2D eigenvalue weighted by Gasteiger charge is 2.09. The molecule has 17 heavy (non-hydrogen) atoms. The Kier molecular flexibility index (Phi) is 3.13. The third-order valence-corrected chi connectivity index (χ3v) is 2.40. The van der Waals surface area contributed by atoms with Gasteiger partial charge in [0.2, 0.25) is 0 Å². The zero-order valence-corrected chi connectivity index (χ0v) is 8.68. The summed E-state index contributed by atoms with van der Waals surface area (Å²) >= 11 is 0. The lowest BCUT2D eigenvalue weighted by Gasteiger charge is -2.05. The summed E-state index contributed by atoms with van der Waals surface area (Å²) in [5, 5.41) is 0. The molecule has 0 unspecified atom stereocenters. The minimum Gasteiger partial charge on any atom is -0.207 e. The van der Waals surface area contributed by atoms with Crippen LogP contribution in [0.5, 0.6) is 0 Å². The molecule has 0 atom stereocenters. The fourth-order valence-electron chi connectivity index (χ4n) is 1.56. The van der Waals surface area contributed by atoms with Crippen molar-refractivity contribution in [2.45, 2.75) is 6.42 Å². The predicted octanol–water partition coefficient (Wildman–Crippen LogP) is 3.83. The van der Waals surface area contributed by atoms with Crippen LogP contribution in [0.1, 0.15) is 11.1 Å². The quantitative estimate of drug-likeness (QED) is 0.700. The molecule has 0 N–H and O–H groups in total. The van der Waals surface area contributed by atoms with Gasteiger partial charge in [-0.2, -0.15) is 0 Å². The SMILES string of the molecule is Fc1ccc(F)c(Cc2cc(F)ccc2F)c1. The molecular weight excluding hydrogens is 232 g/mol. The van der Waals surface area contributed by atoms with E-state index in [4.69, 9.17) is 0 Å². The third-order valence-electron chi connectivity index (χ3n) is 2.40. The van der Waals surface area contributed by atoms with E-state index in [2.05, 4.69) is 0 Å². The molecule has 4 heteroatoms. The highest BCUT2D eigenvalue weighted by molar-refractivity contribution is 5.28. The van der Waals surface area contributed by atoms with Crippen molar-refractivity contribution in [1.82, 2.24) is 0 Å². The van der Waals surface area contributed by atoms with Crippen LogP contribution in [0.25, 0.3) is 0 Å². The minimum absolute atomic E-state index is 0.00509. The van der Waals surface area contributed by atoms with Gasteiger partial charge in [0, 0.05) is 6.42 Å². The Morgan fingerprint density at radius 1 is 0.647 bits per heavy atom. The van der Waals surface area contributed by atoms with Crippen molar-refractivity contribution in [3.05, 3.63) is 70.8 Å². The molecule has 0 aliphatic heterocycles. The first-order chi connectivity index (χ1) is 8.06. The molecular formula is C13H8F4. The Bertz CT molecular complexity index is 500. The molecule has 0 heterocycles. The zero-order chi connectivity index (χ0) is 12.4. The van der Waals surface area contributed by atoms with E-state index in [0.717, 1.165) is 36.4 Å². The average molecular weight is 240 g/mol. The first-order valence-electron chi connectivity index (χ1n) is 4.94. The Balaban J connectivity index is 2.37. The van der Waals surface area contributed by atoms with Gasteiger partial charge in [-0.05, 0) is 47.5 Å². The van der Waals surface area contributed by atoms with Crippen LogP contribution in [0.15, 0.2) is 36.4 Å². The normalized spacial score (nSPS) is 10.6. The van der Waals surface area contributed by atoms with Crippen LogP contribution < -0.4 is 0 Å². The van der Waals surface area contributed by atoms with Crippen molar-refractivity contribution < 1.29 is 17.6 Å². The molecule has 0 radical (unpaired) electrons. The molecule has 0 amide bonds. The van der Waals surface area contributed by atoms with Gasteiger partial charge in [-0.3, -0.25) is 0 Å². The van der Waals surface area contributed by atoms with E-state index in [0.29, 0.717) is 0 Å². The molecule has 0 bridgehead atoms. The van der Waals surface area contributed by atoms with Crippen LogP contribution in [-0.4, -0.2) is 0 Å². The molecule has 0 saturated carbocycles. The Hall–Kier alpha value is -1.84. The van der Waals surface area contributed by atoms with Gasteiger partial charge in [-0.25, -0.2) is 17.6 Å². The lowest BCUT2D eigenvalue weighted by atomic mass is 10.0. The number of benzene rings is 2. The maximum Gasteiger partial charge on any atom is 0.126 e. The predicted molar refractivity (Wildman–Crippen MR) is 55.5 cm³/mol. The molecule has 0 aliphatic carbocycles. The standard InChI is InChI=1S/C13H8F4/c14-10-1-3-12(16)8(6-10)5-9-7-11(15)2-4-13(9)17/h1-4,6-7H,5H2. The second kappa shape index (κ2) is 4.57. The number of hydrogen-bond donors (Lipinski definition) is 0. The van der Waals surface area contributed by atoms with Gasteiger partial charge in [0.25, 0.3) is 0 Å². The Morgan fingerprint density at radius 3 is 1.47 bits per heavy atom.